The Labute approximate surface area is 110 Å². The van der Waals surface area contributed by atoms with Crippen molar-refractivity contribution in [3.05, 3.63) is 59.1 Å². The number of furan rings is 1. The van der Waals surface area contributed by atoms with E-state index in [1.165, 1.54) is 12.1 Å². The first kappa shape index (κ1) is 13.7. The minimum atomic E-state index is -0.593. The SMILES string of the molecule is Cc1ccc(F)c(C(CCc2ccco2)NN)c1F. The molecule has 3 N–H and O–H groups in total. The summed E-state index contributed by atoms with van der Waals surface area (Å²) in [6.07, 6.45) is 2.56. The molecule has 0 saturated heterocycles. The highest BCUT2D eigenvalue weighted by molar-refractivity contribution is 5.29. The van der Waals surface area contributed by atoms with Crippen molar-refractivity contribution in [2.45, 2.75) is 25.8 Å². The molecule has 0 aliphatic heterocycles. The van der Waals surface area contributed by atoms with E-state index < -0.39 is 17.7 Å². The molecule has 1 atom stereocenters. The zero-order valence-corrected chi connectivity index (χ0v) is 10.6. The van der Waals surface area contributed by atoms with Crippen LogP contribution in [-0.2, 0) is 6.42 Å². The average molecular weight is 266 g/mol. The molecule has 0 aliphatic rings. The van der Waals surface area contributed by atoms with Gasteiger partial charge in [-0.25, -0.2) is 8.78 Å². The average Bonchev–Trinajstić information content (AvgIpc) is 2.91. The molecule has 0 bridgehead atoms. The van der Waals surface area contributed by atoms with Gasteiger partial charge in [0.05, 0.1) is 12.3 Å². The maximum atomic E-state index is 14.0. The van der Waals surface area contributed by atoms with Gasteiger partial charge in [0.1, 0.15) is 17.4 Å². The van der Waals surface area contributed by atoms with Crippen LogP contribution in [-0.4, -0.2) is 0 Å². The first-order valence-electron chi connectivity index (χ1n) is 6.06. The summed E-state index contributed by atoms with van der Waals surface area (Å²) in [5.74, 6) is 5.03. The number of hydrazine groups is 1. The molecule has 0 saturated carbocycles. The minimum Gasteiger partial charge on any atom is -0.469 e. The second-order valence-electron chi connectivity index (χ2n) is 4.43. The van der Waals surface area contributed by atoms with Crippen LogP contribution in [0.2, 0.25) is 0 Å². The molecule has 0 aliphatic carbocycles. The molecule has 2 aromatic rings. The van der Waals surface area contributed by atoms with Crippen LogP contribution in [0.1, 0.15) is 29.3 Å². The third-order valence-electron chi connectivity index (χ3n) is 3.13. The van der Waals surface area contributed by atoms with Crippen LogP contribution in [0.15, 0.2) is 34.9 Å². The molecular weight excluding hydrogens is 250 g/mol. The van der Waals surface area contributed by atoms with E-state index in [9.17, 15) is 8.78 Å². The van der Waals surface area contributed by atoms with E-state index in [2.05, 4.69) is 5.43 Å². The zero-order valence-electron chi connectivity index (χ0n) is 10.6. The van der Waals surface area contributed by atoms with E-state index in [4.69, 9.17) is 10.3 Å². The number of aryl methyl sites for hydroxylation is 2. The number of hydrogen-bond acceptors (Lipinski definition) is 3. The normalized spacial score (nSPS) is 12.6. The Morgan fingerprint density at radius 1 is 1.32 bits per heavy atom. The van der Waals surface area contributed by atoms with Gasteiger partial charge in [-0.2, -0.15) is 0 Å². The predicted octanol–water partition coefficient (Wildman–Crippen LogP) is 3.00. The Kier molecular flexibility index (Phi) is 4.29. The monoisotopic (exact) mass is 266 g/mol. The molecule has 0 radical (unpaired) electrons. The third-order valence-corrected chi connectivity index (χ3v) is 3.13. The van der Waals surface area contributed by atoms with Gasteiger partial charge < -0.3 is 4.42 Å². The van der Waals surface area contributed by atoms with Crippen LogP contribution in [0.3, 0.4) is 0 Å². The molecule has 1 aromatic carbocycles. The molecular formula is C14H16F2N2O. The van der Waals surface area contributed by atoms with Gasteiger partial charge in [-0.15, -0.1) is 0 Å². The predicted molar refractivity (Wildman–Crippen MR) is 68.2 cm³/mol. The lowest BCUT2D eigenvalue weighted by Gasteiger charge is -2.18. The van der Waals surface area contributed by atoms with Gasteiger partial charge in [0, 0.05) is 12.0 Å². The Morgan fingerprint density at radius 2 is 2.11 bits per heavy atom. The van der Waals surface area contributed by atoms with Crippen molar-refractivity contribution in [3.63, 3.8) is 0 Å². The van der Waals surface area contributed by atoms with E-state index in [1.807, 2.05) is 6.07 Å². The fourth-order valence-corrected chi connectivity index (χ4v) is 2.05. The summed E-state index contributed by atoms with van der Waals surface area (Å²) in [5, 5.41) is 0. The first-order valence-corrected chi connectivity index (χ1v) is 6.06. The summed E-state index contributed by atoms with van der Waals surface area (Å²) < 4.78 is 33.0. The Hall–Kier alpha value is -1.72. The Balaban J connectivity index is 2.19. The molecule has 1 aromatic heterocycles. The summed E-state index contributed by atoms with van der Waals surface area (Å²) in [6, 6.07) is 5.66. The van der Waals surface area contributed by atoms with Crippen molar-refractivity contribution in [2.75, 3.05) is 0 Å². The molecule has 0 spiro atoms. The number of rotatable bonds is 5. The molecule has 0 fully saturated rings. The van der Waals surface area contributed by atoms with Crippen LogP contribution in [0.4, 0.5) is 8.78 Å². The summed E-state index contributed by atoms with van der Waals surface area (Å²) in [7, 11) is 0. The largest absolute Gasteiger partial charge is 0.469 e. The smallest absolute Gasteiger partial charge is 0.133 e. The lowest BCUT2D eigenvalue weighted by atomic mass is 9.98. The van der Waals surface area contributed by atoms with Crippen LogP contribution in [0.25, 0.3) is 0 Å². The molecule has 102 valence electrons. The van der Waals surface area contributed by atoms with Gasteiger partial charge in [-0.3, -0.25) is 11.3 Å². The fraction of sp³-hybridized carbons (Fsp3) is 0.286. The molecule has 0 amide bonds. The number of hydrogen-bond donors (Lipinski definition) is 2. The van der Waals surface area contributed by atoms with E-state index >= 15 is 0 Å². The van der Waals surface area contributed by atoms with E-state index in [0.29, 0.717) is 18.4 Å². The van der Waals surface area contributed by atoms with Crippen molar-refractivity contribution in [1.29, 1.82) is 0 Å². The summed E-state index contributed by atoms with van der Waals surface area (Å²) in [5.41, 5.74) is 2.85. The standard InChI is InChI=1S/C14H16F2N2O/c1-9-4-6-11(15)13(14(9)16)12(18-17)7-5-10-3-2-8-19-10/h2-4,6,8,12,18H,5,7,17H2,1H3. The molecule has 3 nitrogen and oxygen atoms in total. The lowest BCUT2D eigenvalue weighted by Crippen LogP contribution is -2.30. The van der Waals surface area contributed by atoms with Crippen LogP contribution in [0, 0.1) is 18.6 Å². The van der Waals surface area contributed by atoms with Crippen molar-refractivity contribution >= 4 is 0 Å². The Morgan fingerprint density at radius 3 is 2.74 bits per heavy atom. The number of benzene rings is 1. The van der Waals surface area contributed by atoms with Gasteiger partial charge in [-0.1, -0.05) is 6.07 Å². The number of nitrogens with one attached hydrogen (secondary N) is 1. The highest BCUT2D eigenvalue weighted by Gasteiger charge is 2.20. The van der Waals surface area contributed by atoms with Gasteiger partial charge in [-0.05, 0) is 37.1 Å². The van der Waals surface area contributed by atoms with Gasteiger partial charge >= 0.3 is 0 Å². The maximum Gasteiger partial charge on any atom is 0.133 e. The highest BCUT2D eigenvalue weighted by Crippen LogP contribution is 2.26. The van der Waals surface area contributed by atoms with Crippen molar-refractivity contribution < 1.29 is 13.2 Å². The maximum absolute atomic E-state index is 14.0. The van der Waals surface area contributed by atoms with Crippen molar-refractivity contribution in [2.24, 2.45) is 5.84 Å². The fourth-order valence-electron chi connectivity index (χ4n) is 2.05. The van der Waals surface area contributed by atoms with E-state index in [0.717, 1.165) is 5.76 Å². The van der Waals surface area contributed by atoms with Gasteiger partial charge in [0.15, 0.2) is 0 Å². The molecule has 19 heavy (non-hydrogen) atoms. The summed E-state index contributed by atoms with van der Waals surface area (Å²) in [6.45, 7) is 1.60. The van der Waals surface area contributed by atoms with E-state index in [-0.39, 0.29) is 5.56 Å². The highest BCUT2D eigenvalue weighted by atomic mass is 19.1. The molecule has 1 unspecified atom stereocenters. The quantitative estimate of drug-likeness (QED) is 0.646. The van der Waals surface area contributed by atoms with E-state index in [1.54, 1.807) is 19.3 Å². The van der Waals surface area contributed by atoms with Crippen molar-refractivity contribution in [1.82, 2.24) is 5.43 Å². The topological polar surface area (TPSA) is 51.2 Å². The Bertz CT molecular complexity index is 541. The second kappa shape index (κ2) is 5.95. The summed E-state index contributed by atoms with van der Waals surface area (Å²) >= 11 is 0. The van der Waals surface area contributed by atoms with Crippen molar-refractivity contribution in [3.8, 4) is 0 Å². The molecule has 2 rings (SSSR count). The summed E-state index contributed by atoms with van der Waals surface area (Å²) in [4.78, 5) is 0. The lowest BCUT2D eigenvalue weighted by molar-refractivity contribution is 0.428. The van der Waals surface area contributed by atoms with Gasteiger partial charge in [0.25, 0.3) is 0 Å². The number of halogens is 2. The van der Waals surface area contributed by atoms with Crippen LogP contribution >= 0.6 is 0 Å². The minimum absolute atomic E-state index is 0.0194. The molecule has 5 heteroatoms. The van der Waals surface area contributed by atoms with Crippen LogP contribution in [0.5, 0.6) is 0 Å². The van der Waals surface area contributed by atoms with Crippen LogP contribution < -0.4 is 11.3 Å². The molecule has 1 heterocycles. The number of nitrogens with two attached hydrogens (primary N) is 1. The zero-order chi connectivity index (χ0) is 13.8. The van der Waals surface area contributed by atoms with Gasteiger partial charge in [0.2, 0.25) is 0 Å². The second-order valence-corrected chi connectivity index (χ2v) is 4.43. The third kappa shape index (κ3) is 3.00. The first-order chi connectivity index (χ1) is 9.13.